The highest BCUT2D eigenvalue weighted by Gasteiger charge is 2.31. The molecular formula is C21H28NO2+. The maximum Gasteiger partial charge on any atom is 0.263 e. The molecule has 1 aromatic carbocycles. The number of aryl methyl sites for hydroxylation is 3. The summed E-state index contributed by atoms with van der Waals surface area (Å²) < 4.78 is 14.6. The van der Waals surface area contributed by atoms with Gasteiger partial charge in [0.1, 0.15) is 0 Å². The highest BCUT2D eigenvalue weighted by Crippen LogP contribution is 2.24. The molecule has 3 rings (SSSR count). The zero-order chi connectivity index (χ0) is 16.9. The first-order chi connectivity index (χ1) is 11.6. The second-order valence-electron chi connectivity index (χ2n) is 6.83. The summed E-state index contributed by atoms with van der Waals surface area (Å²) in [5.74, 6) is 0. The van der Waals surface area contributed by atoms with Gasteiger partial charge >= 0.3 is 0 Å². The quantitative estimate of drug-likeness (QED) is 0.769. The number of hydrogen-bond donors (Lipinski definition) is 0. The Morgan fingerprint density at radius 3 is 2.46 bits per heavy atom. The molecule has 2 aromatic rings. The number of benzene rings is 1. The summed E-state index contributed by atoms with van der Waals surface area (Å²) in [7, 11) is 0. The minimum Gasteiger partial charge on any atom is -0.374 e. The smallest absolute Gasteiger partial charge is 0.263 e. The van der Waals surface area contributed by atoms with Crippen LogP contribution in [0.15, 0.2) is 42.5 Å². The van der Waals surface area contributed by atoms with Crippen LogP contribution in [0.5, 0.6) is 0 Å². The monoisotopic (exact) mass is 326 g/mol. The van der Waals surface area contributed by atoms with Gasteiger partial charge in [0.2, 0.25) is 0 Å². The minimum absolute atomic E-state index is 0.129. The molecule has 3 heteroatoms. The van der Waals surface area contributed by atoms with Crippen molar-refractivity contribution in [3.8, 4) is 0 Å². The molecule has 2 atom stereocenters. The van der Waals surface area contributed by atoms with Gasteiger partial charge in [0.05, 0.1) is 19.3 Å². The Bertz CT molecular complexity index is 646. The first kappa shape index (κ1) is 17.1. The Morgan fingerprint density at radius 1 is 1.04 bits per heavy atom. The van der Waals surface area contributed by atoms with Crippen LogP contribution < -0.4 is 4.57 Å². The van der Waals surface area contributed by atoms with E-state index >= 15 is 0 Å². The van der Waals surface area contributed by atoms with Crippen molar-refractivity contribution in [1.82, 2.24) is 0 Å². The molecule has 2 heterocycles. The van der Waals surface area contributed by atoms with E-state index in [4.69, 9.17) is 9.47 Å². The second-order valence-corrected chi connectivity index (χ2v) is 6.83. The van der Waals surface area contributed by atoms with Gasteiger partial charge in [-0.3, -0.25) is 0 Å². The number of pyridine rings is 1. The van der Waals surface area contributed by atoms with Crippen molar-refractivity contribution in [2.45, 2.75) is 59.0 Å². The first-order valence-electron chi connectivity index (χ1n) is 8.90. The number of aromatic nitrogens is 1. The third-order valence-electron chi connectivity index (χ3n) is 4.66. The van der Waals surface area contributed by atoms with E-state index in [1.807, 2.05) is 18.2 Å². The van der Waals surface area contributed by atoms with Crippen LogP contribution in [0, 0.1) is 20.8 Å². The molecule has 1 saturated heterocycles. The van der Waals surface area contributed by atoms with Gasteiger partial charge in [-0.25, -0.2) is 0 Å². The SMILES string of the molecule is Cc1cc(C)[n+](C2CCC[C@@H](COCc3ccccc3)O2)c(C)c1. The molecule has 1 aromatic heterocycles. The molecule has 0 amide bonds. The van der Waals surface area contributed by atoms with Gasteiger partial charge in [-0.05, 0) is 30.9 Å². The van der Waals surface area contributed by atoms with Gasteiger partial charge in [0.25, 0.3) is 6.23 Å². The van der Waals surface area contributed by atoms with Crippen molar-refractivity contribution < 1.29 is 14.0 Å². The molecular weight excluding hydrogens is 298 g/mol. The average Bonchev–Trinajstić information content (AvgIpc) is 2.55. The largest absolute Gasteiger partial charge is 0.374 e. The van der Waals surface area contributed by atoms with E-state index in [0.29, 0.717) is 13.2 Å². The van der Waals surface area contributed by atoms with E-state index in [0.717, 1.165) is 12.8 Å². The van der Waals surface area contributed by atoms with Crippen molar-refractivity contribution in [3.05, 3.63) is 65.0 Å². The van der Waals surface area contributed by atoms with E-state index in [9.17, 15) is 0 Å². The van der Waals surface area contributed by atoms with Crippen LogP contribution in [0.3, 0.4) is 0 Å². The van der Waals surface area contributed by atoms with Crippen LogP contribution in [0.1, 0.15) is 48.0 Å². The Kier molecular flexibility index (Phi) is 5.64. The van der Waals surface area contributed by atoms with Crippen LogP contribution in [-0.2, 0) is 16.1 Å². The number of hydrogen-bond acceptors (Lipinski definition) is 2. The summed E-state index contributed by atoms with van der Waals surface area (Å²) in [5.41, 5.74) is 5.05. The van der Waals surface area contributed by atoms with E-state index in [1.165, 1.54) is 28.9 Å². The fourth-order valence-corrected chi connectivity index (χ4v) is 3.65. The topological polar surface area (TPSA) is 22.3 Å². The Labute approximate surface area is 145 Å². The lowest BCUT2D eigenvalue weighted by Crippen LogP contribution is -2.49. The van der Waals surface area contributed by atoms with E-state index < -0.39 is 0 Å². The fourth-order valence-electron chi connectivity index (χ4n) is 3.65. The van der Waals surface area contributed by atoms with E-state index in [2.05, 4.69) is 49.6 Å². The zero-order valence-electron chi connectivity index (χ0n) is 15.0. The van der Waals surface area contributed by atoms with Crippen LogP contribution in [0.25, 0.3) is 0 Å². The minimum atomic E-state index is 0.129. The summed E-state index contributed by atoms with van der Waals surface area (Å²) >= 11 is 0. The standard InChI is InChI=1S/C21H28NO2/c1-16-12-17(2)22(18(3)13-16)21-11-7-10-20(24-21)15-23-14-19-8-5-4-6-9-19/h4-6,8-9,12-13,20-21H,7,10-11,14-15H2,1-3H3/q+1/t20-,21?/m0/s1. The van der Waals surface area contributed by atoms with Gasteiger partial charge in [0.15, 0.2) is 11.4 Å². The fraction of sp³-hybridized carbons (Fsp3) is 0.476. The summed E-state index contributed by atoms with van der Waals surface area (Å²) in [5, 5.41) is 0. The van der Waals surface area contributed by atoms with Crippen molar-refractivity contribution in [1.29, 1.82) is 0 Å². The Hall–Kier alpha value is -1.71. The lowest BCUT2D eigenvalue weighted by molar-refractivity contribution is -0.777. The molecule has 3 nitrogen and oxygen atoms in total. The van der Waals surface area contributed by atoms with Gasteiger partial charge in [-0.15, -0.1) is 0 Å². The molecule has 24 heavy (non-hydrogen) atoms. The first-order valence-corrected chi connectivity index (χ1v) is 8.90. The predicted octanol–water partition coefficient (Wildman–Crippen LogP) is 4.18. The summed E-state index contributed by atoms with van der Waals surface area (Å²) in [6.45, 7) is 7.79. The van der Waals surface area contributed by atoms with E-state index in [-0.39, 0.29) is 12.3 Å². The number of nitrogens with zero attached hydrogens (tertiary/aromatic N) is 1. The van der Waals surface area contributed by atoms with Gasteiger partial charge < -0.3 is 9.47 Å². The van der Waals surface area contributed by atoms with Gasteiger partial charge in [-0.2, -0.15) is 4.57 Å². The van der Waals surface area contributed by atoms with Gasteiger partial charge in [0, 0.05) is 32.4 Å². The zero-order valence-corrected chi connectivity index (χ0v) is 15.0. The lowest BCUT2D eigenvalue weighted by Gasteiger charge is -2.27. The highest BCUT2D eigenvalue weighted by molar-refractivity contribution is 5.14. The third kappa shape index (κ3) is 4.22. The molecule has 1 unspecified atom stereocenters. The summed E-state index contributed by atoms with van der Waals surface area (Å²) in [6.07, 6.45) is 3.65. The third-order valence-corrected chi connectivity index (χ3v) is 4.66. The van der Waals surface area contributed by atoms with Crippen molar-refractivity contribution in [2.75, 3.05) is 6.61 Å². The summed E-state index contributed by atoms with van der Waals surface area (Å²) in [4.78, 5) is 0. The molecule has 1 aliphatic heterocycles. The van der Waals surface area contributed by atoms with Crippen LogP contribution in [0.4, 0.5) is 0 Å². The second kappa shape index (κ2) is 7.91. The van der Waals surface area contributed by atoms with Crippen LogP contribution in [0.2, 0.25) is 0 Å². The maximum absolute atomic E-state index is 6.35. The Balaban J connectivity index is 1.58. The molecule has 1 fully saturated rings. The normalized spacial score (nSPS) is 21.0. The molecule has 0 N–H and O–H groups in total. The molecule has 0 aliphatic carbocycles. The van der Waals surface area contributed by atoms with Crippen molar-refractivity contribution in [3.63, 3.8) is 0 Å². The molecule has 0 bridgehead atoms. The van der Waals surface area contributed by atoms with E-state index in [1.54, 1.807) is 0 Å². The van der Waals surface area contributed by atoms with Crippen LogP contribution in [-0.4, -0.2) is 12.7 Å². The molecule has 0 spiro atoms. The van der Waals surface area contributed by atoms with Crippen molar-refractivity contribution >= 4 is 0 Å². The number of ether oxygens (including phenoxy) is 2. The highest BCUT2D eigenvalue weighted by atomic mass is 16.5. The summed E-state index contributed by atoms with van der Waals surface area (Å²) in [6, 6.07) is 14.8. The molecule has 0 radical (unpaired) electrons. The van der Waals surface area contributed by atoms with Gasteiger partial charge in [-0.1, -0.05) is 30.3 Å². The lowest BCUT2D eigenvalue weighted by atomic mass is 10.1. The molecule has 0 saturated carbocycles. The molecule has 128 valence electrons. The maximum atomic E-state index is 6.35. The Morgan fingerprint density at radius 2 is 1.75 bits per heavy atom. The average molecular weight is 326 g/mol. The molecule has 1 aliphatic rings. The predicted molar refractivity (Wildman–Crippen MR) is 94.7 cm³/mol. The van der Waals surface area contributed by atoms with Crippen molar-refractivity contribution in [2.24, 2.45) is 0 Å². The van der Waals surface area contributed by atoms with Crippen LogP contribution >= 0.6 is 0 Å². The number of rotatable bonds is 5.